The first kappa shape index (κ1) is 15.0. The Labute approximate surface area is 104 Å². The van der Waals surface area contributed by atoms with E-state index in [0.29, 0.717) is 5.56 Å². The Hall–Kier alpha value is -1.02. The Bertz CT molecular complexity index is 356. The normalized spacial score (nSPS) is 9.00. The van der Waals surface area contributed by atoms with Gasteiger partial charge in [0.05, 0.1) is 0 Å². The van der Waals surface area contributed by atoms with Crippen LogP contribution in [-0.4, -0.2) is 5.12 Å². The molecular weight excluding hydrogens is 216 g/mol. The average Bonchev–Trinajstić information content (AvgIpc) is 2.18. The predicted octanol–water partition coefficient (Wildman–Crippen LogP) is 4.29. The van der Waals surface area contributed by atoms with Crippen LogP contribution in [0.4, 0.5) is 0 Å². The zero-order valence-electron chi connectivity index (χ0n) is 10.3. The minimum atomic E-state index is -0.183. The monoisotopic (exact) mass is 236 g/mol. The highest BCUT2D eigenvalue weighted by molar-refractivity contribution is 7.97. The molecule has 0 aromatic heterocycles. The highest BCUT2D eigenvalue weighted by Crippen LogP contribution is 2.14. The predicted molar refractivity (Wildman–Crippen MR) is 74.2 cm³/mol. The van der Waals surface area contributed by atoms with E-state index >= 15 is 0 Å². The fraction of sp³-hybridized carbons (Fsp3) is 0.357. The lowest BCUT2D eigenvalue weighted by atomic mass is 10.0. The van der Waals surface area contributed by atoms with Crippen molar-refractivity contribution in [3.05, 3.63) is 47.5 Å². The number of carbonyl (C=O) groups excluding carboxylic acids is 1. The molecule has 1 aromatic carbocycles. The van der Waals surface area contributed by atoms with Crippen molar-refractivity contribution in [3.8, 4) is 0 Å². The highest BCUT2D eigenvalue weighted by Gasteiger charge is 2.05. The van der Waals surface area contributed by atoms with Crippen molar-refractivity contribution < 1.29 is 4.79 Å². The van der Waals surface area contributed by atoms with E-state index in [2.05, 4.69) is 33.1 Å². The van der Waals surface area contributed by atoms with Crippen LogP contribution >= 0.6 is 12.6 Å². The van der Waals surface area contributed by atoms with Gasteiger partial charge in [-0.2, -0.15) is 0 Å². The molecule has 0 aliphatic heterocycles. The number of hydrogen-bond acceptors (Lipinski definition) is 1. The summed E-state index contributed by atoms with van der Waals surface area (Å²) in [5.41, 5.74) is 2.71. The third kappa shape index (κ3) is 5.76. The van der Waals surface area contributed by atoms with Crippen LogP contribution in [0.2, 0.25) is 0 Å². The molecule has 0 fully saturated rings. The van der Waals surface area contributed by atoms with Crippen molar-refractivity contribution in [2.24, 2.45) is 0 Å². The van der Waals surface area contributed by atoms with E-state index in [1.807, 2.05) is 25.1 Å². The second kappa shape index (κ2) is 8.17. The van der Waals surface area contributed by atoms with Crippen molar-refractivity contribution >= 4 is 17.7 Å². The first-order valence-corrected chi connectivity index (χ1v) is 5.93. The molecule has 0 saturated carbocycles. The zero-order valence-corrected chi connectivity index (χ0v) is 11.2. The van der Waals surface area contributed by atoms with Gasteiger partial charge in [0, 0.05) is 5.56 Å². The Morgan fingerprint density at radius 2 is 1.81 bits per heavy atom. The second-order valence-corrected chi connectivity index (χ2v) is 4.21. The number of thiol groups is 1. The first-order valence-electron chi connectivity index (χ1n) is 5.48. The number of allylic oxidation sites excluding steroid dienone is 1. The SMILES string of the molecule is C=C(C)Cc1ccccc1C(=O)S.CCC. The van der Waals surface area contributed by atoms with Gasteiger partial charge in [-0.3, -0.25) is 4.79 Å². The maximum atomic E-state index is 11.1. The van der Waals surface area contributed by atoms with Gasteiger partial charge in [-0.25, -0.2) is 0 Å². The van der Waals surface area contributed by atoms with E-state index in [-0.39, 0.29) is 5.12 Å². The van der Waals surface area contributed by atoms with Crippen LogP contribution in [0.3, 0.4) is 0 Å². The van der Waals surface area contributed by atoms with E-state index < -0.39 is 0 Å². The summed E-state index contributed by atoms with van der Waals surface area (Å²) in [4.78, 5) is 11.1. The second-order valence-electron chi connectivity index (χ2n) is 3.80. The van der Waals surface area contributed by atoms with Gasteiger partial charge in [0.15, 0.2) is 0 Å². The molecule has 0 bridgehead atoms. The van der Waals surface area contributed by atoms with Gasteiger partial charge in [0.2, 0.25) is 5.12 Å². The molecule has 0 aliphatic rings. The summed E-state index contributed by atoms with van der Waals surface area (Å²) in [5, 5.41) is -0.183. The van der Waals surface area contributed by atoms with Crippen LogP contribution in [0.25, 0.3) is 0 Å². The number of hydrogen-bond donors (Lipinski definition) is 1. The summed E-state index contributed by atoms with van der Waals surface area (Å²) in [6.07, 6.45) is 1.99. The molecule has 2 heteroatoms. The lowest BCUT2D eigenvalue weighted by Gasteiger charge is -2.04. The van der Waals surface area contributed by atoms with Crippen molar-refractivity contribution in [2.75, 3.05) is 0 Å². The van der Waals surface area contributed by atoms with E-state index in [0.717, 1.165) is 17.6 Å². The van der Waals surface area contributed by atoms with E-state index in [4.69, 9.17) is 0 Å². The number of rotatable bonds is 3. The third-order valence-corrected chi connectivity index (χ3v) is 1.98. The van der Waals surface area contributed by atoms with Crippen LogP contribution in [0, 0.1) is 0 Å². The molecule has 0 atom stereocenters. The quantitative estimate of drug-likeness (QED) is 0.612. The zero-order chi connectivity index (χ0) is 12.6. The largest absolute Gasteiger partial charge is 0.282 e. The van der Waals surface area contributed by atoms with Crippen molar-refractivity contribution in [2.45, 2.75) is 33.6 Å². The fourth-order valence-corrected chi connectivity index (χ4v) is 1.43. The van der Waals surface area contributed by atoms with Crippen molar-refractivity contribution in [3.63, 3.8) is 0 Å². The molecule has 0 radical (unpaired) electrons. The van der Waals surface area contributed by atoms with Crippen LogP contribution in [0.15, 0.2) is 36.4 Å². The van der Waals surface area contributed by atoms with Gasteiger partial charge in [0.25, 0.3) is 0 Å². The van der Waals surface area contributed by atoms with E-state index in [1.165, 1.54) is 6.42 Å². The molecule has 0 amide bonds. The first-order chi connectivity index (χ1) is 7.52. The molecule has 16 heavy (non-hydrogen) atoms. The standard InChI is InChI=1S/C11H12OS.C3H8/c1-8(2)7-9-5-3-4-6-10(9)11(12)13;1-3-2/h3-6H,1,7H2,2H3,(H,12,13);3H2,1-2H3. The van der Waals surface area contributed by atoms with Crippen LogP contribution in [0.1, 0.15) is 43.1 Å². The van der Waals surface area contributed by atoms with Gasteiger partial charge < -0.3 is 0 Å². The van der Waals surface area contributed by atoms with Gasteiger partial charge >= 0.3 is 0 Å². The Kier molecular flexibility index (Phi) is 7.65. The molecule has 1 rings (SSSR count). The summed E-state index contributed by atoms with van der Waals surface area (Å²) in [6, 6.07) is 7.47. The van der Waals surface area contributed by atoms with Gasteiger partial charge in [-0.15, -0.1) is 12.6 Å². The molecule has 0 aliphatic carbocycles. The number of benzene rings is 1. The smallest absolute Gasteiger partial charge is 0.216 e. The summed E-state index contributed by atoms with van der Waals surface area (Å²) in [7, 11) is 0. The summed E-state index contributed by atoms with van der Waals surface area (Å²) in [5.74, 6) is 0. The molecule has 0 spiro atoms. The van der Waals surface area contributed by atoms with Crippen molar-refractivity contribution in [1.29, 1.82) is 0 Å². The highest BCUT2D eigenvalue weighted by atomic mass is 32.1. The molecule has 0 unspecified atom stereocenters. The lowest BCUT2D eigenvalue weighted by molar-refractivity contribution is 0.109. The Morgan fingerprint density at radius 3 is 2.25 bits per heavy atom. The fourth-order valence-electron chi connectivity index (χ4n) is 1.21. The third-order valence-electron chi connectivity index (χ3n) is 1.74. The topological polar surface area (TPSA) is 17.1 Å². The average molecular weight is 236 g/mol. The van der Waals surface area contributed by atoms with Crippen LogP contribution < -0.4 is 0 Å². The summed E-state index contributed by atoms with van der Waals surface area (Å²) >= 11 is 3.81. The van der Waals surface area contributed by atoms with Crippen molar-refractivity contribution in [1.82, 2.24) is 0 Å². The van der Waals surface area contributed by atoms with Gasteiger partial charge in [-0.05, 0) is 18.9 Å². The molecule has 1 nitrogen and oxygen atoms in total. The molecule has 0 saturated heterocycles. The minimum Gasteiger partial charge on any atom is -0.282 e. The van der Waals surface area contributed by atoms with Gasteiger partial charge in [-0.1, -0.05) is 56.7 Å². The molecular formula is C14H20OS. The maximum Gasteiger partial charge on any atom is 0.216 e. The summed E-state index contributed by atoms with van der Waals surface area (Å²) in [6.45, 7) is 10.0. The minimum absolute atomic E-state index is 0.183. The maximum absolute atomic E-state index is 11.1. The molecule has 88 valence electrons. The summed E-state index contributed by atoms with van der Waals surface area (Å²) < 4.78 is 0. The van der Waals surface area contributed by atoms with E-state index in [9.17, 15) is 4.79 Å². The van der Waals surface area contributed by atoms with Gasteiger partial charge in [0.1, 0.15) is 0 Å². The van der Waals surface area contributed by atoms with Crippen LogP contribution in [-0.2, 0) is 6.42 Å². The Balaban J connectivity index is 0.000000673. The molecule has 1 aromatic rings. The lowest BCUT2D eigenvalue weighted by Crippen LogP contribution is -1.97. The Morgan fingerprint density at radius 1 is 1.31 bits per heavy atom. The van der Waals surface area contributed by atoms with E-state index in [1.54, 1.807) is 6.07 Å². The van der Waals surface area contributed by atoms with Crippen LogP contribution in [0.5, 0.6) is 0 Å². The number of carbonyl (C=O) groups is 1. The molecule has 0 heterocycles. The molecule has 0 N–H and O–H groups in total.